The fourth-order valence-electron chi connectivity index (χ4n) is 1.83. The van der Waals surface area contributed by atoms with Crippen molar-refractivity contribution in [2.45, 2.75) is 4.90 Å². The Labute approximate surface area is 120 Å². The molecule has 0 unspecified atom stereocenters. The van der Waals surface area contributed by atoms with Crippen LogP contribution in [-0.4, -0.2) is 14.3 Å². The average Bonchev–Trinajstić information content (AvgIpc) is 2.66. The molecule has 1 aliphatic rings. The highest BCUT2D eigenvalue weighted by Gasteiger charge is 2.30. The normalized spacial score (nSPS) is 15.6. The van der Waals surface area contributed by atoms with Gasteiger partial charge in [-0.1, -0.05) is 23.7 Å². The van der Waals surface area contributed by atoms with Crippen LogP contribution in [0.1, 0.15) is 5.56 Å². The molecule has 5 nitrogen and oxygen atoms in total. The van der Waals surface area contributed by atoms with Crippen LogP contribution >= 0.6 is 11.6 Å². The number of nitrogens with zero attached hydrogens (tertiary/aromatic N) is 1. The van der Waals surface area contributed by atoms with Crippen molar-refractivity contribution in [2.24, 2.45) is 4.40 Å². The second-order valence-electron chi connectivity index (χ2n) is 4.15. The number of benzene rings is 2. The highest BCUT2D eigenvalue weighted by atomic mass is 35.5. The number of hydrogen-bond donors (Lipinski definition) is 1. The number of hydrogen-bond acceptors (Lipinski definition) is 4. The van der Waals surface area contributed by atoms with E-state index < -0.39 is 10.0 Å². The van der Waals surface area contributed by atoms with E-state index in [-0.39, 0.29) is 10.8 Å². The highest BCUT2D eigenvalue weighted by molar-refractivity contribution is 7.90. The quantitative estimate of drug-likeness (QED) is 0.820. The summed E-state index contributed by atoms with van der Waals surface area (Å²) in [6, 6.07) is 11.2. The van der Waals surface area contributed by atoms with Crippen LogP contribution in [0, 0.1) is 0 Å². The Balaban J connectivity index is 2.02. The first-order valence-electron chi connectivity index (χ1n) is 5.64. The van der Waals surface area contributed by atoms with E-state index in [0.29, 0.717) is 22.0 Å². The Bertz CT molecular complexity index is 831. The second kappa shape index (κ2) is 4.50. The zero-order valence-electron chi connectivity index (χ0n) is 10.1. The molecule has 1 aliphatic heterocycles. The van der Waals surface area contributed by atoms with E-state index in [0.717, 1.165) is 0 Å². The Morgan fingerprint density at radius 3 is 2.65 bits per heavy atom. The van der Waals surface area contributed by atoms with Crippen molar-refractivity contribution in [1.29, 1.82) is 0 Å². The first-order valence-corrected chi connectivity index (χ1v) is 7.46. The molecule has 102 valence electrons. The van der Waals surface area contributed by atoms with Crippen LogP contribution in [0.15, 0.2) is 51.8 Å². The van der Waals surface area contributed by atoms with E-state index in [2.05, 4.69) is 4.40 Å². The smallest absolute Gasteiger partial charge is 0.286 e. The molecule has 2 N–H and O–H groups in total. The molecule has 0 bridgehead atoms. The molecule has 0 spiro atoms. The summed E-state index contributed by atoms with van der Waals surface area (Å²) in [6.07, 6.45) is 0. The van der Waals surface area contributed by atoms with E-state index in [1.165, 1.54) is 12.1 Å². The van der Waals surface area contributed by atoms with Gasteiger partial charge in [-0.2, -0.15) is 8.42 Å². The van der Waals surface area contributed by atoms with Crippen LogP contribution in [0.3, 0.4) is 0 Å². The summed E-state index contributed by atoms with van der Waals surface area (Å²) in [5.74, 6) is 0.399. The SMILES string of the molecule is Nc1ccc(OC2=NS(=O)(=O)c3ccccc32)cc1Cl. The number of rotatable bonds is 1. The summed E-state index contributed by atoms with van der Waals surface area (Å²) < 4.78 is 32.9. The third-order valence-electron chi connectivity index (χ3n) is 2.78. The maximum atomic E-state index is 11.9. The maximum Gasteiger partial charge on any atom is 0.286 e. The fourth-order valence-corrected chi connectivity index (χ4v) is 3.14. The second-order valence-corrected chi connectivity index (χ2v) is 6.13. The summed E-state index contributed by atoms with van der Waals surface area (Å²) in [4.78, 5) is 0.136. The Morgan fingerprint density at radius 1 is 1.15 bits per heavy atom. The monoisotopic (exact) mass is 308 g/mol. The zero-order chi connectivity index (χ0) is 14.3. The van der Waals surface area contributed by atoms with Gasteiger partial charge in [0.05, 0.1) is 16.3 Å². The van der Waals surface area contributed by atoms with E-state index in [1.54, 1.807) is 30.3 Å². The highest BCUT2D eigenvalue weighted by Crippen LogP contribution is 2.29. The minimum Gasteiger partial charge on any atom is -0.438 e. The Morgan fingerprint density at radius 2 is 1.90 bits per heavy atom. The number of nitrogen functional groups attached to an aromatic ring is 1. The molecule has 0 aromatic heterocycles. The van der Waals surface area contributed by atoms with Crippen molar-refractivity contribution in [1.82, 2.24) is 0 Å². The Kier molecular flexibility index (Phi) is 2.92. The molecule has 0 radical (unpaired) electrons. The Hall–Kier alpha value is -2.05. The third-order valence-corrected chi connectivity index (χ3v) is 4.43. The van der Waals surface area contributed by atoms with Crippen molar-refractivity contribution < 1.29 is 13.2 Å². The number of anilines is 1. The van der Waals surface area contributed by atoms with Crippen molar-refractivity contribution in [2.75, 3.05) is 5.73 Å². The molecule has 0 atom stereocenters. The van der Waals surface area contributed by atoms with E-state index >= 15 is 0 Å². The third kappa shape index (κ3) is 2.13. The van der Waals surface area contributed by atoms with Crippen LogP contribution in [0.25, 0.3) is 0 Å². The summed E-state index contributed by atoms with van der Waals surface area (Å²) in [6.45, 7) is 0. The van der Waals surface area contributed by atoms with Crippen molar-refractivity contribution in [3.63, 3.8) is 0 Å². The van der Waals surface area contributed by atoms with Gasteiger partial charge < -0.3 is 10.5 Å². The van der Waals surface area contributed by atoms with Crippen LogP contribution in [0.4, 0.5) is 5.69 Å². The first-order chi connectivity index (χ1) is 9.47. The van der Waals surface area contributed by atoms with Gasteiger partial charge in [0.2, 0.25) is 5.90 Å². The van der Waals surface area contributed by atoms with E-state index in [1.807, 2.05) is 0 Å². The van der Waals surface area contributed by atoms with Crippen LogP contribution < -0.4 is 10.5 Å². The van der Waals surface area contributed by atoms with Crippen molar-refractivity contribution >= 4 is 33.2 Å². The molecule has 3 rings (SSSR count). The fraction of sp³-hybridized carbons (Fsp3) is 0. The largest absolute Gasteiger partial charge is 0.438 e. The predicted octanol–water partition coefficient (Wildman–Crippen LogP) is 2.45. The van der Waals surface area contributed by atoms with Gasteiger partial charge in [-0.25, -0.2) is 0 Å². The number of halogens is 1. The van der Waals surface area contributed by atoms with Gasteiger partial charge in [0.1, 0.15) is 10.6 Å². The van der Waals surface area contributed by atoms with Gasteiger partial charge in [0.25, 0.3) is 10.0 Å². The summed E-state index contributed by atoms with van der Waals surface area (Å²) in [5, 5.41) is 0.331. The number of fused-ring (bicyclic) bond motifs is 1. The number of ether oxygens (including phenoxy) is 1. The number of sulfonamides is 1. The number of nitrogens with two attached hydrogens (primary N) is 1. The van der Waals surface area contributed by atoms with Crippen LogP contribution in [0.5, 0.6) is 5.75 Å². The molecular formula is C13H9ClN2O3S. The van der Waals surface area contributed by atoms with Gasteiger partial charge >= 0.3 is 0 Å². The van der Waals surface area contributed by atoms with E-state index in [9.17, 15) is 8.42 Å². The summed E-state index contributed by atoms with van der Waals surface area (Å²) in [7, 11) is -3.69. The maximum absolute atomic E-state index is 11.9. The summed E-state index contributed by atoms with van der Waals surface area (Å²) in [5.41, 5.74) is 6.45. The summed E-state index contributed by atoms with van der Waals surface area (Å²) >= 11 is 5.89. The van der Waals surface area contributed by atoms with Gasteiger partial charge in [0, 0.05) is 6.07 Å². The molecule has 7 heteroatoms. The molecular weight excluding hydrogens is 300 g/mol. The van der Waals surface area contributed by atoms with Gasteiger partial charge in [-0.3, -0.25) is 0 Å². The molecule has 0 amide bonds. The lowest BCUT2D eigenvalue weighted by Gasteiger charge is -2.06. The molecule has 0 saturated heterocycles. The molecule has 0 fully saturated rings. The van der Waals surface area contributed by atoms with Crippen molar-refractivity contribution in [3.8, 4) is 5.75 Å². The predicted molar refractivity (Wildman–Crippen MR) is 76.7 cm³/mol. The average molecular weight is 309 g/mol. The first kappa shape index (κ1) is 13.0. The van der Waals surface area contributed by atoms with Gasteiger partial charge in [-0.15, -0.1) is 4.40 Å². The molecule has 0 saturated carbocycles. The molecule has 2 aromatic rings. The minimum absolute atomic E-state index is 0.0291. The lowest BCUT2D eigenvalue weighted by molar-refractivity contribution is 0.554. The minimum atomic E-state index is -3.69. The van der Waals surface area contributed by atoms with Crippen LogP contribution in [-0.2, 0) is 10.0 Å². The van der Waals surface area contributed by atoms with Gasteiger partial charge in [0.15, 0.2) is 0 Å². The molecule has 2 aromatic carbocycles. The molecule has 1 heterocycles. The topological polar surface area (TPSA) is 81.8 Å². The van der Waals surface area contributed by atoms with Crippen LogP contribution in [0.2, 0.25) is 5.02 Å². The zero-order valence-corrected chi connectivity index (χ0v) is 11.6. The van der Waals surface area contributed by atoms with Gasteiger partial charge in [-0.05, 0) is 24.3 Å². The molecule has 20 heavy (non-hydrogen) atoms. The standard InChI is InChI=1S/C13H9ClN2O3S/c14-10-7-8(5-6-11(10)15)19-13-9-3-1-2-4-12(9)20(17,18)16-13/h1-7H,15H2. The lowest BCUT2D eigenvalue weighted by atomic mass is 10.2. The van der Waals surface area contributed by atoms with E-state index in [4.69, 9.17) is 22.1 Å². The van der Waals surface area contributed by atoms with Crippen molar-refractivity contribution in [3.05, 3.63) is 53.1 Å². The lowest BCUT2D eigenvalue weighted by Crippen LogP contribution is -2.07. The molecule has 0 aliphatic carbocycles.